The van der Waals surface area contributed by atoms with Crippen LogP contribution in [0.25, 0.3) is 16.9 Å². The first kappa shape index (κ1) is 16.8. The Balaban J connectivity index is 1.91. The molecule has 0 bridgehead atoms. The Hall–Kier alpha value is -2.61. The highest BCUT2D eigenvalue weighted by Crippen LogP contribution is 2.29. The predicted molar refractivity (Wildman–Crippen MR) is 94.1 cm³/mol. The molecule has 3 aromatic rings. The van der Waals surface area contributed by atoms with E-state index in [1.54, 1.807) is 19.1 Å². The molecule has 0 spiro atoms. The number of anilines is 1. The molecule has 136 valence electrons. The van der Waals surface area contributed by atoms with Gasteiger partial charge in [0, 0.05) is 19.2 Å². The van der Waals surface area contributed by atoms with Crippen LogP contribution < -0.4 is 4.90 Å². The lowest BCUT2D eigenvalue weighted by molar-refractivity contribution is 0.122. The van der Waals surface area contributed by atoms with Gasteiger partial charge in [-0.05, 0) is 25.5 Å². The van der Waals surface area contributed by atoms with Crippen molar-refractivity contribution in [2.75, 3.05) is 31.2 Å². The molecule has 1 aromatic carbocycles. The van der Waals surface area contributed by atoms with Crippen LogP contribution in [-0.2, 0) is 4.74 Å². The summed E-state index contributed by atoms with van der Waals surface area (Å²) in [7, 11) is 0. The van der Waals surface area contributed by atoms with Crippen LogP contribution in [0.15, 0.2) is 24.3 Å². The highest BCUT2D eigenvalue weighted by molar-refractivity contribution is 5.81. The van der Waals surface area contributed by atoms with Gasteiger partial charge in [0.05, 0.1) is 24.2 Å². The molecular formula is C18H19F2N5O. The average molecular weight is 359 g/mol. The molecular weight excluding hydrogens is 340 g/mol. The molecule has 4 rings (SSSR count). The van der Waals surface area contributed by atoms with Gasteiger partial charge < -0.3 is 9.64 Å². The van der Waals surface area contributed by atoms with E-state index >= 15 is 0 Å². The number of aryl methyl sites for hydroxylation is 2. The van der Waals surface area contributed by atoms with Gasteiger partial charge in [-0.1, -0.05) is 12.1 Å². The zero-order valence-electron chi connectivity index (χ0n) is 14.6. The second-order valence-corrected chi connectivity index (χ2v) is 6.28. The molecule has 0 N–H and O–H groups in total. The number of halogens is 2. The van der Waals surface area contributed by atoms with Crippen LogP contribution in [0.1, 0.15) is 23.6 Å². The number of morpholine rings is 1. The third kappa shape index (κ3) is 2.90. The van der Waals surface area contributed by atoms with Crippen LogP contribution in [0.5, 0.6) is 0 Å². The van der Waals surface area contributed by atoms with Crippen LogP contribution in [0, 0.1) is 13.8 Å². The lowest BCUT2D eigenvalue weighted by Gasteiger charge is -2.28. The average Bonchev–Trinajstić information content (AvgIpc) is 3.03. The van der Waals surface area contributed by atoms with Gasteiger partial charge in [-0.15, -0.1) is 0 Å². The van der Waals surface area contributed by atoms with Crippen LogP contribution in [0.2, 0.25) is 0 Å². The van der Waals surface area contributed by atoms with Crippen molar-refractivity contribution < 1.29 is 13.5 Å². The normalized spacial score (nSPS) is 15.2. The van der Waals surface area contributed by atoms with Gasteiger partial charge in [-0.25, -0.2) is 23.7 Å². The minimum Gasteiger partial charge on any atom is -0.378 e. The maximum absolute atomic E-state index is 13.7. The number of imidazole rings is 1. The Morgan fingerprint density at radius 2 is 1.77 bits per heavy atom. The Morgan fingerprint density at radius 1 is 1.04 bits per heavy atom. The van der Waals surface area contributed by atoms with E-state index in [0.717, 1.165) is 5.56 Å². The van der Waals surface area contributed by atoms with Crippen molar-refractivity contribution >= 4 is 16.9 Å². The van der Waals surface area contributed by atoms with E-state index in [9.17, 15) is 8.78 Å². The van der Waals surface area contributed by atoms with Gasteiger partial charge in [0.1, 0.15) is 17.5 Å². The summed E-state index contributed by atoms with van der Waals surface area (Å²) in [6, 6.07) is 7.22. The number of para-hydroxylation sites is 1. The molecule has 2 aromatic heterocycles. The molecule has 0 unspecified atom stereocenters. The molecule has 1 fully saturated rings. The van der Waals surface area contributed by atoms with E-state index in [2.05, 4.69) is 19.9 Å². The van der Waals surface area contributed by atoms with E-state index in [1.807, 2.05) is 19.1 Å². The lowest BCUT2D eigenvalue weighted by atomic mass is 10.2. The zero-order chi connectivity index (χ0) is 18.3. The Kier molecular flexibility index (Phi) is 4.28. The van der Waals surface area contributed by atoms with E-state index in [0.29, 0.717) is 54.8 Å². The van der Waals surface area contributed by atoms with Crippen molar-refractivity contribution in [3.8, 4) is 5.82 Å². The Bertz CT molecular complexity index is 950. The monoisotopic (exact) mass is 359 g/mol. The quantitative estimate of drug-likeness (QED) is 0.719. The molecule has 0 amide bonds. The number of aromatic nitrogens is 4. The minimum absolute atomic E-state index is 0.305. The molecule has 1 aliphatic heterocycles. The van der Waals surface area contributed by atoms with Gasteiger partial charge >= 0.3 is 0 Å². The van der Waals surface area contributed by atoms with Crippen molar-refractivity contribution in [2.24, 2.45) is 0 Å². The fourth-order valence-electron chi connectivity index (χ4n) is 3.25. The van der Waals surface area contributed by atoms with Crippen molar-refractivity contribution in [1.82, 2.24) is 19.5 Å². The molecule has 8 heteroatoms. The maximum Gasteiger partial charge on any atom is 0.296 e. The number of hydrogen-bond donors (Lipinski definition) is 0. The summed E-state index contributed by atoms with van der Waals surface area (Å²) in [6.07, 6.45) is -2.70. The van der Waals surface area contributed by atoms with Crippen LogP contribution in [0.4, 0.5) is 14.6 Å². The third-order valence-electron chi connectivity index (χ3n) is 4.48. The molecule has 1 aliphatic rings. The minimum atomic E-state index is -2.70. The smallest absolute Gasteiger partial charge is 0.296 e. The summed E-state index contributed by atoms with van der Waals surface area (Å²) in [4.78, 5) is 15.1. The fourth-order valence-corrected chi connectivity index (χ4v) is 3.25. The first-order chi connectivity index (χ1) is 12.5. The number of benzene rings is 1. The topological polar surface area (TPSA) is 56.1 Å². The highest BCUT2D eigenvalue weighted by atomic mass is 19.3. The van der Waals surface area contributed by atoms with E-state index < -0.39 is 6.43 Å². The van der Waals surface area contributed by atoms with Crippen LogP contribution >= 0.6 is 0 Å². The summed E-state index contributed by atoms with van der Waals surface area (Å²) in [5.41, 5.74) is 2.03. The number of rotatable bonds is 3. The van der Waals surface area contributed by atoms with Gasteiger partial charge in [-0.2, -0.15) is 0 Å². The molecule has 1 saturated heterocycles. The molecule has 0 atom stereocenters. The number of alkyl halides is 2. The van der Waals surface area contributed by atoms with Crippen molar-refractivity contribution in [2.45, 2.75) is 20.3 Å². The Labute approximate surface area is 149 Å². The standard InChI is InChI=1S/C18H19F2N5O/c1-11-4-3-5-13-16(11)23-18(17(19)20)25(13)15-10-14(21-12(2)22-15)24-6-8-26-9-7-24/h3-5,10,17H,6-9H2,1-2H3. The fraction of sp³-hybridized carbons (Fsp3) is 0.389. The Morgan fingerprint density at radius 3 is 2.50 bits per heavy atom. The van der Waals surface area contributed by atoms with Crippen LogP contribution in [0.3, 0.4) is 0 Å². The molecule has 6 nitrogen and oxygen atoms in total. The van der Waals surface area contributed by atoms with E-state index in [4.69, 9.17) is 4.74 Å². The molecule has 0 saturated carbocycles. The second-order valence-electron chi connectivity index (χ2n) is 6.28. The van der Waals surface area contributed by atoms with Gasteiger partial charge in [0.2, 0.25) is 0 Å². The first-order valence-electron chi connectivity index (χ1n) is 8.49. The summed E-state index contributed by atoms with van der Waals surface area (Å²) < 4.78 is 34.2. The van der Waals surface area contributed by atoms with Crippen LogP contribution in [-0.4, -0.2) is 45.8 Å². The van der Waals surface area contributed by atoms with Crippen molar-refractivity contribution in [3.63, 3.8) is 0 Å². The molecule has 26 heavy (non-hydrogen) atoms. The van der Waals surface area contributed by atoms with Gasteiger partial charge in [0.25, 0.3) is 6.43 Å². The van der Waals surface area contributed by atoms with Gasteiger partial charge in [0.15, 0.2) is 5.82 Å². The third-order valence-corrected chi connectivity index (χ3v) is 4.48. The predicted octanol–water partition coefficient (Wildman–Crippen LogP) is 3.21. The number of fused-ring (bicyclic) bond motifs is 1. The van der Waals surface area contributed by atoms with E-state index in [1.165, 1.54) is 4.57 Å². The summed E-state index contributed by atoms with van der Waals surface area (Å²) in [6.45, 7) is 6.28. The first-order valence-corrected chi connectivity index (χ1v) is 8.49. The SMILES string of the molecule is Cc1nc(N2CCOCC2)cc(-n2c(C(F)F)nc3c(C)cccc32)n1. The zero-order valence-corrected chi connectivity index (χ0v) is 14.6. The summed E-state index contributed by atoms with van der Waals surface area (Å²) >= 11 is 0. The maximum atomic E-state index is 13.7. The largest absolute Gasteiger partial charge is 0.378 e. The summed E-state index contributed by atoms with van der Waals surface area (Å²) in [5.74, 6) is 1.34. The number of hydrogen-bond acceptors (Lipinski definition) is 5. The molecule has 3 heterocycles. The second kappa shape index (κ2) is 6.60. The molecule has 0 aliphatic carbocycles. The van der Waals surface area contributed by atoms with E-state index in [-0.39, 0.29) is 5.82 Å². The lowest BCUT2D eigenvalue weighted by Crippen LogP contribution is -2.37. The number of ether oxygens (including phenoxy) is 1. The summed E-state index contributed by atoms with van der Waals surface area (Å²) in [5, 5.41) is 0. The highest BCUT2D eigenvalue weighted by Gasteiger charge is 2.23. The number of nitrogens with zero attached hydrogens (tertiary/aromatic N) is 5. The molecule has 0 radical (unpaired) electrons. The van der Waals surface area contributed by atoms with Crippen molar-refractivity contribution in [1.29, 1.82) is 0 Å². The van der Waals surface area contributed by atoms with Crippen molar-refractivity contribution in [3.05, 3.63) is 41.5 Å². The van der Waals surface area contributed by atoms with Gasteiger partial charge in [-0.3, -0.25) is 4.57 Å².